The van der Waals surface area contributed by atoms with Gasteiger partial charge in [-0.05, 0) is 48.1 Å². The smallest absolute Gasteiger partial charge is 0.251 e. The lowest BCUT2D eigenvalue weighted by Crippen LogP contribution is -2.22. The van der Waals surface area contributed by atoms with Crippen LogP contribution in [-0.2, 0) is 6.54 Å². The average molecular weight is 280 g/mol. The van der Waals surface area contributed by atoms with Crippen LogP contribution in [0.5, 0.6) is 0 Å². The van der Waals surface area contributed by atoms with Gasteiger partial charge in [0.05, 0.1) is 0 Å². The Bertz CT molecular complexity index is 586. The topological polar surface area (TPSA) is 42.0 Å². The van der Waals surface area contributed by atoms with Crippen LogP contribution in [-0.4, -0.2) is 10.9 Å². The molecule has 0 bridgehead atoms. The third kappa shape index (κ3) is 3.48. The maximum absolute atomic E-state index is 12.1. The molecule has 3 rings (SSSR count). The van der Waals surface area contributed by atoms with E-state index < -0.39 is 0 Å². The fourth-order valence-electron chi connectivity index (χ4n) is 2.95. The molecule has 1 aliphatic carbocycles. The van der Waals surface area contributed by atoms with E-state index in [1.807, 2.05) is 24.3 Å². The van der Waals surface area contributed by atoms with Crippen molar-refractivity contribution in [2.45, 2.75) is 38.1 Å². The highest BCUT2D eigenvalue weighted by atomic mass is 16.1. The number of carbonyl (C=O) groups is 1. The maximum atomic E-state index is 12.1. The van der Waals surface area contributed by atoms with E-state index in [-0.39, 0.29) is 5.91 Å². The van der Waals surface area contributed by atoms with Gasteiger partial charge in [0.2, 0.25) is 0 Å². The van der Waals surface area contributed by atoms with Gasteiger partial charge in [0, 0.05) is 24.5 Å². The van der Waals surface area contributed by atoms with Crippen molar-refractivity contribution < 1.29 is 4.79 Å². The van der Waals surface area contributed by atoms with Gasteiger partial charge in [-0.1, -0.05) is 31.0 Å². The number of carbonyl (C=O) groups excluding carboxylic acids is 1. The van der Waals surface area contributed by atoms with E-state index in [0.29, 0.717) is 12.5 Å². The van der Waals surface area contributed by atoms with E-state index in [2.05, 4.69) is 22.4 Å². The minimum Gasteiger partial charge on any atom is -0.348 e. The van der Waals surface area contributed by atoms with Gasteiger partial charge in [-0.2, -0.15) is 0 Å². The molecule has 0 aliphatic heterocycles. The summed E-state index contributed by atoms with van der Waals surface area (Å²) in [6.45, 7) is 0.511. The predicted octanol–water partition coefficient (Wildman–Crippen LogP) is 3.67. The molecule has 1 saturated carbocycles. The Kier molecular flexibility index (Phi) is 4.29. The van der Waals surface area contributed by atoms with Crippen LogP contribution in [0.25, 0.3) is 0 Å². The summed E-state index contributed by atoms with van der Waals surface area (Å²) in [7, 11) is 0. The van der Waals surface area contributed by atoms with Crippen LogP contribution in [0.15, 0.2) is 48.8 Å². The number of benzene rings is 1. The number of hydrogen-bond acceptors (Lipinski definition) is 2. The molecule has 21 heavy (non-hydrogen) atoms. The number of amides is 1. The molecule has 1 aromatic carbocycles. The van der Waals surface area contributed by atoms with Crippen molar-refractivity contribution in [1.29, 1.82) is 0 Å². The second-order valence-corrected chi connectivity index (χ2v) is 5.65. The molecule has 1 aliphatic rings. The molecule has 3 nitrogen and oxygen atoms in total. The van der Waals surface area contributed by atoms with E-state index in [9.17, 15) is 4.79 Å². The second-order valence-electron chi connectivity index (χ2n) is 5.65. The minimum absolute atomic E-state index is 0.0307. The van der Waals surface area contributed by atoms with E-state index in [1.54, 1.807) is 12.4 Å². The first-order valence-electron chi connectivity index (χ1n) is 7.60. The normalized spacial score (nSPS) is 15.0. The standard InChI is InChI=1S/C18H20N2O/c21-18(20-13-14-4-3-11-19-12-14)17-9-7-16(8-10-17)15-5-1-2-6-15/h3-4,7-12,15H,1-2,5-6,13H2,(H,20,21). The van der Waals surface area contributed by atoms with Crippen molar-refractivity contribution in [3.63, 3.8) is 0 Å². The fraction of sp³-hybridized carbons (Fsp3) is 0.333. The quantitative estimate of drug-likeness (QED) is 0.928. The Balaban J connectivity index is 1.59. The maximum Gasteiger partial charge on any atom is 0.251 e. The van der Waals surface area contributed by atoms with Crippen molar-refractivity contribution in [2.75, 3.05) is 0 Å². The molecule has 0 radical (unpaired) electrons. The van der Waals surface area contributed by atoms with Gasteiger partial charge in [0.1, 0.15) is 0 Å². The molecule has 0 unspecified atom stereocenters. The van der Waals surface area contributed by atoms with Crippen molar-refractivity contribution >= 4 is 5.91 Å². The van der Waals surface area contributed by atoms with Crippen LogP contribution in [0.3, 0.4) is 0 Å². The Morgan fingerprint density at radius 3 is 2.57 bits per heavy atom. The molecule has 1 heterocycles. The van der Waals surface area contributed by atoms with Gasteiger partial charge in [-0.15, -0.1) is 0 Å². The first-order chi connectivity index (χ1) is 10.3. The van der Waals surface area contributed by atoms with E-state index in [0.717, 1.165) is 11.1 Å². The molecule has 0 spiro atoms. The first-order valence-corrected chi connectivity index (χ1v) is 7.60. The highest BCUT2D eigenvalue weighted by Gasteiger charge is 2.17. The molecule has 0 atom stereocenters. The summed E-state index contributed by atoms with van der Waals surface area (Å²) in [6, 6.07) is 11.9. The Labute approximate surface area is 125 Å². The zero-order valence-electron chi connectivity index (χ0n) is 12.1. The third-order valence-electron chi connectivity index (χ3n) is 4.18. The Hall–Kier alpha value is -2.16. The number of nitrogens with one attached hydrogen (secondary N) is 1. The first kappa shape index (κ1) is 13.8. The SMILES string of the molecule is O=C(NCc1cccnc1)c1ccc(C2CCCC2)cc1. The molecule has 1 amide bonds. The van der Waals surface area contributed by atoms with Gasteiger partial charge in [-0.25, -0.2) is 0 Å². The number of hydrogen-bond donors (Lipinski definition) is 1. The Morgan fingerprint density at radius 1 is 1.14 bits per heavy atom. The van der Waals surface area contributed by atoms with E-state index in [4.69, 9.17) is 0 Å². The zero-order chi connectivity index (χ0) is 14.5. The highest BCUT2D eigenvalue weighted by molar-refractivity contribution is 5.94. The van der Waals surface area contributed by atoms with Crippen molar-refractivity contribution in [1.82, 2.24) is 10.3 Å². The Morgan fingerprint density at radius 2 is 1.90 bits per heavy atom. The molecule has 2 aromatic rings. The summed E-state index contributed by atoms with van der Waals surface area (Å²) < 4.78 is 0. The monoisotopic (exact) mass is 280 g/mol. The molecule has 1 N–H and O–H groups in total. The van der Waals surface area contributed by atoms with Gasteiger partial charge in [0.15, 0.2) is 0 Å². The summed E-state index contributed by atoms with van der Waals surface area (Å²) in [5, 5.41) is 2.93. The average Bonchev–Trinajstić information content (AvgIpc) is 3.08. The van der Waals surface area contributed by atoms with Crippen molar-refractivity contribution in [3.8, 4) is 0 Å². The summed E-state index contributed by atoms with van der Waals surface area (Å²) in [4.78, 5) is 16.2. The van der Waals surface area contributed by atoms with Crippen LogP contribution < -0.4 is 5.32 Å². The minimum atomic E-state index is -0.0307. The molecule has 0 saturated heterocycles. The lowest BCUT2D eigenvalue weighted by atomic mass is 9.96. The van der Waals surface area contributed by atoms with Crippen LogP contribution >= 0.6 is 0 Å². The molecule has 1 fully saturated rings. The predicted molar refractivity (Wildman–Crippen MR) is 83.1 cm³/mol. The largest absolute Gasteiger partial charge is 0.348 e. The van der Waals surface area contributed by atoms with Crippen molar-refractivity contribution in [3.05, 3.63) is 65.5 Å². The van der Waals surface area contributed by atoms with Gasteiger partial charge in [0.25, 0.3) is 5.91 Å². The second kappa shape index (κ2) is 6.53. The van der Waals surface area contributed by atoms with E-state index >= 15 is 0 Å². The van der Waals surface area contributed by atoms with Crippen LogP contribution in [0.4, 0.5) is 0 Å². The summed E-state index contributed by atoms with van der Waals surface area (Å²) in [5.41, 5.74) is 3.10. The highest BCUT2D eigenvalue weighted by Crippen LogP contribution is 2.33. The molecular weight excluding hydrogens is 260 g/mol. The summed E-state index contributed by atoms with van der Waals surface area (Å²) in [5.74, 6) is 0.661. The summed E-state index contributed by atoms with van der Waals surface area (Å²) in [6.07, 6.45) is 8.73. The lowest BCUT2D eigenvalue weighted by Gasteiger charge is -2.10. The zero-order valence-corrected chi connectivity index (χ0v) is 12.1. The summed E-state index contributed by atoms with van der Waals surface area (Å²) >= 11 is 0. The fourth-order valence-corrected chi connectivity index (χ4v) is 2.95. The van der Waals surface area contributed by atoms with Gasteiger partial charge >= 0.3 is 0 Å². The molecule has 1 aromatic heterocycles. The molecule has 3 heteroatoms. The molecule has 108 valence electrons. The van der Waals surface area contributed by atoms with Crippen LogP contribution in [0.2, 0.25) is 0 Å². The van der Waals surface area contributed by atoms with E-state index in [1.165, 1.54) is 31.2 Å². The lowest BCUT2D eigenvalue weighted by molar-refractivity contribution is 0.0951. The number of nitrogens with zero attached hydrogens (tertiary/aromatic N) is 1. The third-order valence-corrected chi connectivity index (χ3v) is 4.18. The van der Waals surface area contributed by atoms with Crippen molar-refractivity contribution in [2.24, 2.45) is 0 Å². The van der Waals surface area contributed by atoms with Gasteiger partial charge in [-0.3, -0.25) is 9.78 Å². The number of pyridine rings is 1. The van der Waals surface area contributed by atoms with Crippen LogP contribution in [0.1, 0.15) is 53.1 Å². The number of rotatable bonds is 4. The molecular formula is C18H20N2O. The number of aromatic nitrogens is 1. The van der Waals surface area contributed by atoms with Gasteiger partial charge < -0.3 is 5.32 Å². The van der Waals surface area contributed by atoms with Crippen LogP contribution in [0, 0.1) is 0 Å².